The van der Waals surface area contributed by atoms with Gasteiger partial charge >= 0.3 is 0 Å². The Labute approximate surface area is 143 Å². The van der Waals surface area contributed by atoms with Gasteiger partial charge in [0.1, 0.15) is 11.6 Å². The van der Waals surface area contributed by atoms with Crippen LogP contribution in [0.4, 0.5) is 15.8 Å². The second kappa shape index (κ2) is 6.96. The van der Waals surface area contributed by atoms with Gasteiger partial charge in [-0.05, 0) is 30.3 Å². The van der Waals surface area contributed by atoms with Crippen LogP contribution in [0.2, 0.25) is 0 Å². The molecule has 0 bridgehead atoms. The van der Waals surface area contributed by atoms with E-state index in [-0.39, 0.29) is 11.5 Å². The van der Waals surface area contributed by atoms with Crippen LogP contribution >= 0.6 is 0 Å². The maximum absolute atomic E-state index is 14.0. The monoisotopic (exact) mass is 338 g/mol. The number of H-pyrrole nitrogens is 1. The standard InChI is InChI=1S/C18H15FN4O2/c1-11(24)22-14-5-6-16(19)15(10-14)18(25)23-13-4-2-3-12(9-13)17-20-7-8-21-17/h2-10H,1H3,(H,20,21)(H,22,24)(H,23,25). The molecule has 2 amide bonds. The number of imidazole rings is 1. The van der Waals surface area contributed by atoms with Crippen LogP contribution in [0.25, 0.3) is 11.4 Å². The molecule has 0 radical (unpaired) electrons. The highest BCUT2D eigenvalue weighted by Crippen LogP contribution is 2.21. The highest BCUT2D eigenvalue weighted by Gasteiger charge is 2.14. The van der Waals surface area contributed by atoms with Gasteiger partial charge in [-0.15, -0.1) is 0 Å². The number of carbonyl (C=O) groups excluding carboxylic acids is 2. The van der Waals surface area contributed by atoms with Gasteiger partial charge in [0, 0.05) is 36.3 Å². The number of anilines is 2. The summed E-state index contributed by atoms with van der Waals surface area (Å²) >= 11 is 0. The van der Waals surface area contributed by atoms with Gasteiger partial charge in [-0.1, -0.05) is 12.1 Å². The summed E-state index contributed by atoms with van der Waals surface area (Å²) in [6.45, 7) is 1.34. The lowest BCUT2D eigenvalue weighted by Crippen LogP contribution is -2.15. The van der Waals surface area contributed by atoms with Gasteiger partial charge in [-0.3, -0.25) is 9.59 Å². The second-order valence-corrected chi connectivity index (χ2v) is 5.35. The van der Waals surface area contributed by atoms with Gasteiger partial charge in [0.2, 0.25) is 5.91 Å². The number of nitrogens with one attached hydrogen (secondary N) is 3. The minimum Gasteiger partial charge on any atom is -0.345 e. The smallest absolute Gasteiger partial charge is 0.258 e. The maximum Gasteiger partial charge on any atom is 0.258 e. The molecule has 3 N–H and O–H groups in total. The van der Waals surface area contributed by atoms with Crippen molar-refractivity contribution in [2.75, 3.05) is 10.6 Å². The highest BCUT2D eigenvalue weighted by atomic mass is 19.1. The fourth-order valence-electron chi connectivity index (χ4n) is 2.35. The van der Waals surface area contributed by atoms with Crippen LogP contribution in [-0.4, -0.2) is 21.8 Å². The van der Waals surface area contributed by atoms with Crippen LogP contribution in [0.1, 0.15) is 17.3 Å². The summed E-state index contributed by atoms with van der Waals surface area (Å²) in [6.07, 6.45) is 3.33. The first-order valence-electron chi connectivity index (χ1n) is 7.51. The van der Waals surface area contributed by atoms with Crippen molar-refractivity contribution in [3.05, 3.63) is 66.2 Å². The third-order valence-electron chi connectivity index (χ3n) is 3.42. The largest absolute Gasteiger partial charge is 0.345 e. The van der Waals surface area contributed by atoms with E-state index in [0.29, 0.717) is 17.2 Å². The zero-order chi connectivity index (χ0) is 17.8. The Balaban J connectivity index is 1.83. The van der Waals surface area contributed by atoms with Crippen molar-refractivity contribution in [3.8, 4) is 11.4 Å². The van der Waals surface area contributed by atoms with Gasteiger partial charge in [-0.25, -0.2) is 9.37 Å². The molecular formula is C18H15FN4O2. The molecule has 7 heteroatoms. The van der Waals surface area contributed by atoms with Crippen LogP contribution in [0.3, 0.4) is 0 Å². The van der Waals surface area contributed by atoms with Crippen molar-refractivity contribution in [1.82, 2.24) is 9.97 Å². The van der Waals surface area contributed by atoms with Gasteiger partial charge in [0.25, 0.3) is 5.91 Å². The average molecular weight is 338 g/mol. The number of aromatic amines is 1. The molecule has 0 atom stereocenters. The fourth-order valence-corrected chi connectivity index (χ4v) is 2.35. The molecule has 0 fully saturated rings. The van der Waals surface area contributed by atoms with Gasteiger partial charge in [-0.2, -0.15) is 0 Å². The molecule has 6 nitrogen and oxygen atoms in total. The van der Waals surface area contributed by atoms with E-state index < -0.39 is 11.7 Å². The number of carbonyl (C=O) groups is 2. The van der Waals surface area contributed by atoms with Crippen LogP contribution in [0, 0.1) is 5.82 Å². The Morgan fingerprint density at radius 3 is 2.60 bits per heavy atom. The Morgan fingerprint density at radius 2 is 1.88 bits per heavy atom. The second-order valence-electron chi connectivity index (χ2n) is 5.35. The summed E-state index contributed by atoms with van der Waals surface area (Å²) in [5.41, 5.74) is 1.48. The van der Waals surface area contributed by atoms with E-state index in [2.05, 4.69) is 20.6 Å². The lowest BCUT2D eigenvalue weighted by atomic mass is 10.1. The normalized spacial score (nSPS) is 10.3. The zero-order valence-electron chi connectivity index (χ0n) is 13.3. The number of amides is 2. The molecule has 25 heavy (non-hydrogen) atoms. The molecule has 0 aliphatic heterocycles. The lowest BCUT2D eigenvalue weighted by molar-refractivity contribution is -0.114. The number of aromatic nitrogens is 2. The molecule has 3 aromatic rings. The van der Waals surface area contributed by atoms with Crippen LogP contribution < -0.4 is 10.6 Å². The molecular weight excluding hydrogens is 323 g/mol. The Kier molecular flexibility index (Phi) is 4.56. The van der Waals surface area contributed by atoms with Gasteiger partial charge in [0.15, 0.2) is 0 Å². The molecule has 0 saturated heterocycles. The molecule has 1 aromatic heterocycles. The van der Waals surface area contributed by atoms with Crippen LogP contribution in [-0.2, 0) is 4.79 Å². The first-order chi connectivity index (χ1) is 12.0. The predicted octanol–water partition coefficient (Wildman–Crippen LogP) is 3.43. The Morgan fingerprint density at radius 1 is 1.08 bits per heavy atom. The minimum atomic E-state index is -0.672. The summed E-state index contributed by atoms with van der Waals surface area (Å²) in [6, 6.07) is 10.9. The van der Waals surface area contributed by atoms with E-state index in [1.54, 1.807) is 30.6 Å². The number of halogens is 1. The van der Waals surface area contributed by atoms with Crippen molar-refractivity contribution >= 4 is 23.2 Å². The third-order valence-corrected chi connectivity index (χ3v) is 3.42. The maximum atomic E-state index is 14.0. The van der Waals surface area contributed by atoms with E-state index in [1.807, 2.05) is 6.07 Å². The van der Waals surface area contributed by atoms with Crippen molar-refractivity contribution in [1.29, 1.82) is 0 Å². The van der Waals surface area contributed by atoms with Gasteiger partial charge < -0.3 is 15.6 Å². The molecule has 0 spiro atoms. The van der Waals surface area contributed by atoms with Crippen molar-refractivity contribution < 1.29 is 14.0 Å². The molecule has 0 saturated carbocycles. The molecule has 0 unspecified atom stereocenters. The molecule has 2 aromatic carbocycles. The van der Waals surface area contributed by atoms with E-state index in [9.17, 15) is 14.0 Å². The Bertz CT molecular complexity index is 923. The van der Waals surface area contributed by atoms with Crippen molar-refractivity contribution in [2.45, 2.75) is 6.92 Å². The predicted molar refractivity (Wildman–Crippen MR) is 92.7 cm³/mol. The molecule has 1 heterocycles. The minimum absolute atomic E-state index is 0.158. The average Bonchev–Trinajstić information content (AvgIpc) is 3.11. The number of rotatable bonds is 4. The summed E-state index contributed by atoms with van der Waals surface area (Å²) < 4.78 is 14.0. The van der Waals surface area contributed by atoms with Gasteiger partial charge in [0.05, 0.1) is 5.56 Å². The third kappa shape index (κ3) is 3.89. The Hall–Kier alpha value is -3.48. The quantitative estimate of drug-likeness (QED) is 0.681. The summed E-state index contributed by atoms with van der Waals surface area (Å²) in [5, 5.41) is 5.17. The topological polar surface area (TPSA) is 86.9 Å². The SMILES string of the molecule is CC(=O)Nc1ccc(F)c(C(=O)Nc2cccc(-c3ncc[nH]3)c2)c1. The first kappa shape index (κ1) is 16.4. The van der Waals surface area contributed by atoms with Crippen molar-refractivity contribution in [2.24, 2.45) is 0 Å². The number of hydrogen-bond acceptors (Lipinski definition) is 3. The van der Waals surface area contributed by atoms with E-state index in [1.165, 1.54) is 19.1 Å². The van der Waals surface area contributed by atoms with Crippen molar-refractivity contribution in [3.63, 3.8) is 0 Å². The first-order valence-corrected chi connectivity index (χ1v) is 7.51. The summed E-state index contributed by atoms with van der Waals surface area (Å²) in [7, 11) is 0. The number of nitrogens with zero attached hydrogens (tertiary/aromatic N) is 1. The zero-order valence-corrected chi connectivity index (χ0v) is 13.3. The summed E-state index contributed by atoms with van der Waals surface area (Å²) in [4.78, 5) is 30.6. The molecule has 0 aliphatic carbocycles. The van der Waals surface area contributed by atoms with Crippen LogP contribution in [0.5, 0.6) is 0 Å². The van der Waals surface area contributed by atoms with Crippen LogP contribution in [0.15, 0.2) is 54.9 Å². The summed E-state index contributed by atoms with van der Waals surface area (Å²) in [5.74, 6) is -0.922. The van der Waals surface area contributed by atoms with E-state index in [0.717, 1.165) is 11.6 Å². The number of hydrogen-bond donors (Lipinski definition) is 3. The highest BCUT2D eigenvalue weighted by molar-refractivity contribution is 6.05. The number of benzene rings is 2. The van der Waals surface area contributed by atoms with E-state index in [4.69, 9.17) is 0 Å². The molecule has 0 aliphatic rings. The lowest BCUT2D eigenvalue weighted by Gasteiger charge is -2.09. The fraction of sp³-hybridized carbons (Fsp3) is 0.0556. The molecule has 3 rings (SSSR count). The molecule has 126 valence electrons. The van der Waals surface area contributed by atoms with E-state index >= 15 is 0 Å².